The van der Waals surface area contributed by atoms with E-state index in [-0.39, 0.29) is 0 Å². The van der Waals surface area contributed by atoms with Gasteiger partial charge in [0.25, 0.3) is 0 Å². The van der Waals surface area contributed by atoms with E-state index in [0.717, 1.165) is 18.8 Å². The Morgan fingerprint density at radius 2 is 2.22 bits per heavy atom. The van der Waals surface area contributed by atoms with Gasteiger partial charge in [-0.3, -0.25) is 4.79 Å². The Kier molecular flexibility index (Phi) is 3.67. The van der Waals surface area contributed by atoms with Gasteiger partial charge < -0.3 is 15.6 Å². The van der Waals surface area contributed by atoms with Crippen LogP contribution in [0.1, 0.15) is 22.8 Å². The second kappa shape index (κ2) is 5.40. The molecule has 0 spiro atoms. The average molecular weight is 243 g/mol. The molecular formula is C14H17N3O. The number of hydrogen-bond donors (Lipinski definition) is 2. The minimum Gasteiger partial charge on any atom is -0.381 e. The molecule has 18 heavy (non-hydrogen) atoms. The fourth-order valence-electron chi connectivity index (χ4n) is 1.78. The summed E-state index contributed by atoms with van der Waals surface area (Å²) in [4.78, 5) is 11.1. The fourth-order valence-corrected chi connectivity index (χ4v) is 1.78. The standard InChI is InChI=1S/C14H17N3O/c1-2-17-7-6-11(10-17)9-16-13-5-3-4-12(8-13)14(15)18/h3-8,10,16H,2,9H2,1H3,(H2,15,18). The van der Waals surface area contributed by atoms with Crippen molar-refractivity contribution < 1.29 is 4.79 Å². The van der Waals surface area contributed by atoms with Crippen LogP contribution in [-0.4, -0.2) is 10.5 Å². The van der Waals surface area contributed by atoms with Crippen molar-refractivity contribution in [2.45, 2.75) is 20.0 Å². The summed E-state index contributed by atoms with van der Waals surface area (Å²) in [6.07, 6.45) is 4.15. The third-order valence-electron chi connectivity index (χ3n) is 2.82. The fraction of sp³-hybridized carbons (Fsp3) is 0.214. The van der Waals surface area contributed by atoms with Gasteiger partial charge in [-0.05, 0) is 36.8 Å². The number of benzene rings is 1. The first-order valence-electron chi connectivity index (χ1n) is 5.97. The highest BCUT2D eigenvalue weighted by atomic mass is 16.1. The molecule has 0 aliphatic rings. The first-order valence-corrected chi connectivity index (χ1v) is 5.97. The number of aromatic nitrogens is 1. The Hall–Kier alpha value is -2.23. The van der Waals surface area contributed by atoms with E-state index >= 15 is 0 Å². The lowest BCUT2D eigenvalue weighted by Gasteiger charge is -2.06. The Morgan fingerprint density at radius 3 is 2.89 bits per heavy atom. The normalized spacial score (nSPS) is 10.3. The zero-order valence-corrected chi connectivity index (χ0v) is 10.4. The third-order valence-corrected chi connectivity index (χ3v) is 2.82. The number of nitrogens with zero attached hydrogens (tertiary/aromatic N) is 1. The minimum atomic E-state index is -0.407. The number of rotatable bonds is 5. The molecule has 0 aliphatic carbocycles. The summed E-state index contributed by atoms with van der Waals surface area (Å²) in [5, 5.41) is 3.27. The summed E-state index contributed by atoms with van der Waals surface area (Å²) in [5.41, 5.74) is 7.87. The second-order valence-corrected chi connectivity index (χ2v) is 4.15. The van der Waals surface area contributed by atoms with Crippen LogP contribution in [0.3, 0.4) is 0 Å². The molecule has 0 aliphatic heterocycles. The van der Waals surface area contributed by atoms with Crippen LogP contribution in [0.5, 0.6) is 0 Å². The number of hydrogen-bond acceptors (Lipinski definition) is 2. The molecule has 0 radical (unpaired) electrons. The van der Waals surface area contributed by atoms with E-state index < -0.39 is 5.91 Å². The van der Waals surface area contributed by atoms with Crippen LogP contribution in [0.25, 0.3) is 0 Å². The Morgan fingerprint density at radius 1 is 1.39 bits per heavy atom. The summed E-state index contributed by atoms with van der Waals surface area (Å²) in [7, 11) is 0. The van der Waals surface area contributed by atoms with Crippen molar-refractivity contribution in [3.05, 3.63) is 53.9 Å². The van der Waals surface area contributed by atoms with Crippen molar-refractivity contribution in [2.75, 3.05) is 5.32 Å². The third kappa shape index (κ3) is 2.91. The van der Waals surface area contributed by atoms with Crippen molar-refractivity contribution >= 4 is 11.6 Å². The molecule has 1 aromatic carbocycles. The van der Waals surface area contributed by atoms with Crippen LogP contribution in [0, 0.1) is 0 Å². The van der Waals surface area contributed by atoms with Gasteiger partial charge in [0.15, 0.2) is 0 Å². The quantitative estimate of drug-likeness (QED) is 0.846. The van der Waals surface area contributed by atoms with Crippen LogP contribution in [0.2, 0.25) is 0 Å². The molecule has 1 amide bonds. The molecule has 0 fully saturated rings. The molecule has 0 unspecified atom stereocenters. The lowest BCUT2D eigenvalue weighted by Crippen LogP contribution is -2.11. The molecule has 1 aromatic heterocycles. The van der Waals surface area contributed by atoms with Crippen molar-refractivity contribution in [3.63, 3.8) is 0 Å². The van der Waals surface area contributed by atoms with Gasteiger partial charge in [-0.25, -0.2) is 0 Å². The number of anilines is 1. The van der Waals surface area contributed by atoms with Crippen molar-refractivity contribution in [1.82, 2.24) is 4.57 Å². The first-order chi connectivity index (χ1) is 8.69. The molecule has 0 atom stereocenters. The lowest BCUT2D eigenvalue weighted by molar-refractivity contribution is 0.100. The SMILES string of the molecule is CCn1ccc(CNc2cccc(C(N)=O)c2)c1. The van der Waals surface area contributed by atoms with E-state index in [1.54, 1.807) is 12.1 Å². The van der Waals surface area contributed by atoms with Crippen molar-refractivity contribution in [2.24, 2.45) is 5.73 Å². The van der Waals surface area contributed by atoms with E-state index in [9.17, 15) is 4.79 Å². The van der Waals surface area contributed by atoms with E-state index in [4.69, 9.17) is 5.73 Å². The molecular weight excluding hydrogens is 226 g/mol. The van der Waals surface area contributed by atoms with E-state index in [2.05, 4.69) is 35.3 Å². The number of amides is 1. The van der Waals surface area contributed by atoms with E-state index in [0.29, 0.717) is 5.56 Å². The second-order valence-electron chi connectivity index (χ2n) is 4.15. The molecule has 94 valence electrons. The van der Waals surface area contributed by atoms with E-state index in [1.807, 2.05) is 12.1 Å². The number of aryl methyl sites for hydroxylation is 1. The van der Waals surface area contributed by atoms with Gasteiger partial charge in [-0.2, -0.15) is 0 Å². The molecule has 2 aromatic rings. The van der Waals surface area contributed by atoms with Gasteiger partial charge in [-0.15, -0.1) is 0 Å². The van der Waals surface area contributed by atoms with Crippen LogP contribution >= 0.6 is 0 Å². The van der Waals surface area contributed by atoms with Crippen LogP contribution in [0.4, 0.5) is 5.69 Å². The summed E-state index contributed by atoms with van der Waals surface area (Å²) >= 11 is 0. The number of carbonyl (C=O) groups is 1. The molecule has 1 heterocycles. The van der Waals surface area contributed by atoms with Gasteiger partial charge >= 0.3 is 0 Å². The number of nitrogens with two attached hydrogens (primary N) is 1. The molecule has 4 nitrogen and oxygen atoms in total. The van der Waals surface area contributed by atoms with Crippen LogP contribution in [0.15, 0.2) is 42.7 Å². The predicted octanol–water partition coefficient (Wildman–Crippen LogP) is 2.22. The summed E-state index contributed by atoms with van der Waals surface area (Å²) in [6.45, 7) is 3.81. The predicted molar refractivity (Wildman–Crippen MR) is 72.4 cm³/mol. The highest BCUT2D eigenvalue weighted by molar-refractivity contribution is 5.93. The average Bonchev–Trinajstić information content (AvgIpc) is 2.84. The van der Waals surface area contributed by atoms with Gasteiger partial charge in [0.2, 0.25) is 5.91 Å². The van der Waals surface area contributed by atoms with Crippen molar-refractivity contribution in [3.8, 4) is 0 Å². The number of primary amides is 1. The van der Waals surface area contributed by atoms with Crippen LogP contribution < -0.4 is 11.1 Å². The Balaban J connectivity index is 2.01. The maximum atomic E-state index is 11.1. The zero-order chi connectivity index (χ0) is 13.0. The molecule has 0 bridgehead atoms. The summed E-state index contributed by atoms with van der Waals surface area (Å²) < 4.78 is 2.12. The van der Waals surface area contributed by atoms with Gasteiger partial charge in [-0.1, -0.05) is 6.07 Å². The van der Waals surface area contributed by atoms with Gasteiger partial charge in [0, 0.05) is 36.7 Å². The maximum absolute atomic E-state index is 11.1. The molecule has 3 N–H and O–H groups in total. The van der Waals surface area contributed by atoms with E-state index in [1.165, 1.54) is 5.56 Å². The van der Waals surface area contributed by atoms with Crippen LogP contribution in [-0.2, 0) is 13.1 Å². The van der Waals surface area contributed by atoms with Crippen molar-refractivity contribution in [1.29, 1.82) is 0 Å². The number of nitrogens with one attached hydrogen (secondary N) is 1. The Bertz CT molecular complexity index is 545. The molecule has 0 saturated carbocycles. The minimum absolute atomic E-state index is 0.407. The highest BCUT2D eigenvalue weighted by Gasteiger charge is 2.01. The molecule has 2 rings (SSSR count). The smallest absolute Gasteiger partial charge is 0.248 e. The summed E-state index contributed by atoms with van der Waals surface area (Å²) in [6, 6.07) is 9.29. The number of carbonyl (C=O) groups excluding carboxylic acids is 1. The maximum Gasteiger partial charge on any atom is 0.248 e. The topological polar surface area (TPSA) is 60.1 Å². The molecule has 0 saturated heterocycles. The largest absolute Gasteiger partial charge is 0.381 e. The van der Waals surface area contributed by atoms with Gasteiger partial charge in [0.05, 0.1) is 0 Å². The van der Waals surface area contributed by atoms with Gasteiger partial charge in [0.1, 0.15) is 0 Å². The monoisotopic (exact) mass is 243 g/mol. The zero-order valence-electron chi connectivity index (χ0n) is 10.4. The lowest BCUT2D eigenvalue weighted by atomic mass is 10.2. The first kappa shape index (κ1) is 12.2. The molecule has 4 heteroatoms. The highest BCUT2D eigenvalue weighted by Crippen LogP contribution is 2.12. The summed E-state index contributed by atoms with van der Waals surface area (Å²) in [5.74, 6) is -0.407. The Labute approximate surface area is 106 Å².